The standard InChI is InChI=1S/C22H22N4O2/c1-2-15-8-6-7-11-19(15)24-20(27)12-17-14-26-21(25-22(17)28)18(13-23-26)16-9-4-3-5-10-16/h3-11,13,17H,2,12,14H2,1H3,(H,24,27)(H,25,28)/t17-/m0/s1. The minimum atomic E-state index is -0.454. The number of carbonyl (C=O) groups excluding carboxylic acids is 2. The molecule has 0 spiro atoms. The molecule has 2 amide bonds. The lowest BCUT2D eigenvalue weighted by Gasteiger charge is -2.24. The van der Waals surface area contributed by atoms with Crippen LogP contribution in [0.1, 0.15) is 18.9 Å². The molecule has 0 unspecified atom stereocenters. The maximum atomic E-state index is 12.6. The summed E-state index contributed by atoms with van der Waals surface area (Å²) in [5.41, 5.74) is 3.76. The number of nitrogens with one attached hydrogen (secondary N) is 2. The molecule has 2 heterocycles. The molecule has 142 valence electrons. The Kier molecular flexibility index (Phi) is 4.93. The zero-order valence-corrected chi connectivity index (χ0v) is 15.7. The van der Waals surface area contributed by atoms with Gasteiger partial charge in [-0.05, 0) is 23.6 Å². The number of carbonyl (C=O) groups is 2. The first-order valence-corrected chi connectivity index (χ1v) is 9.45. The minimum Gasteiger partial charge on any atom is -0.326 e. The number of nitrogens with zero attached hydrogens (tertiary/aromatic N) is 2. The highest BCUT2D eigenvalue weighted by atomic mass is 16.2. The van der Waals surface area contributed by atoms with Crippen LogP contribution in [0.2, 0.25) is 0 Å². The SMILES string of the molecule is CCc1ccccc1NC(=O)C[C@H]1Cn2ncc(-c3ccccc3)c2NC1=O. The molecule has 3 aromatic rings. The van der Waals surface area contributed by atoms with Gasteiger partial charge in [0.2, 0.25) is 11.8 Å². The summed E-state index contributed by atoms with van der Waals surface area (Å²) in [5, 5.41) is 10.3. The lowest BCUT2D eigenvalue weighted by atomic mass is 10.0. The van der Waals surface area contributed by atoms with Gasteiger partial charge in [0.1, 0.15) is 5.82 Å². The monoisotopic (exact) mass is 374 g/mol. The predicted molar refractivity (Wildman–Crippen MR) is 109 cm³/mol. The number of hydrogen-bond acceptors (Lipinski definition) is 3. The number of aromatic nitrogens is 2. The second kappa shape index (κ2) is 7.68. The first-order chi connectivity index (χ1) is 13.7. The van der Waals surface area contributed by atoms with E-state index < -0.39 is 5.92 Å². The first kappa shape index (κ1) is 18.0. The molecule has 0 saturated carbocycles. The summed E-state index contributed by atoms with van der Waals surface area (Å²) in [5.74, 6) is -0.0851. The number of para-hydroxylation sites is 1. The molecule has 1 aromatic heterocycles. The molecule has 1 atom stereocenters. The Morgan fingerprint density at radius 2 is 1.93 bits per heavy atom. The van der Waals surface area contributed by atoms with Crippen LogP contribution in [-0.2, 0) is 22.6 Å². The molecule has 0 fully saturated rings. The Morgan fingerprint density at radius 1 is 1.18 bits per heavy atom. The van der Waals surface area contributed by atoms with Crippen LogP contribution in [0.4, 0.5) is 11.5 Å². The van der Waals surface area contributed by atoms with Gasteiger partial charge in [-0.25, -0.2) is 4.68 Å². The summed E-state index contributed by atoms with van der Waals surface area (Å²) in [4.78, 5) is 25.1. The number of fused-ring (bicyclic) bond motifs is 1. The van der Waals surface area contributed by atoms with E-state index in [2.05, 4.69) is 15.7 Å². The fraction of sp³-hybridized carbons (Fsp3) is 0.227. The second-order valence-electron chi connectivity index (χ2n) is 6.90. The Labute approximate surface area is 163 Å². The van der Waals surface area contributed by atoms with Crippen LogP contribution in [0, 0.1) is 5.92 Å². The van der Waals surface area contributed by atoms with E-state index in [-0.39, 0.29) is 18.2 Å². The summed E-state index contributed by atoms with van der Waals surface area (Å²) < 4.78 is 1.77. The van der Waals surface area contributed by atoms with E-state index in [1.165, 1.54) is 0 Å². The van der Waals surface area contributed by atoms with E-state index in [0.717, 1.165) is 28.8 Å². The fourth-order valence-electron chi connectivity index (χ4n) is 3.53. The minimum absolute atomic E-state index is 0.115. The lowest BCUT2D eigenvalue weighted by Crippen LogP contribution is -2.36. The molecule has 0 bridgehead atoms. The molecular formula is C22H22N4O2. The van der Waals surface area contributed by atoms with Crippen LogP contribution in [0.3, 0.4) is 0 Å². The van der Waals surface area contributed by atoms with Crippen molar-refractivity contribution in [3.05, 3.63) is 66.4 Å². The predicted octanol–water partition coefficient (Wildman–Crippen LogP) is 3.71. The van der Waals surface area contributed by atoms with Gasteiger partial charge in [-0.1, -0.05) is 55.5 Å². The van der Waals surface area contributed by atoms with Crippen molar-refractivity contribution < 1.29 is 9.59 Å². The van der Waals surface area contributed by atoms with Gasteiger partial charge in [-0.3, -0.25) is 9.59 Å². The van der Waals surface area contributed by atoms with E-state index in [0.29, 0.717) is 12.4 Å². The third kappa shape index (κ3) is 3.53. The van der Waals surface area contributed by atoms with Crippen molar-refractivity contribution in [3.63, 3.8) is 0 Å². The average molecular weight is 374 g/mol. The normalized spacial score (nSPS) is 15.6. The molecule has 6 nitrogen and oxygen atoms in total. The number of amides is 2. The highest BCUT2D eigenvalue weighted by molar-refractivity contribution is 6.00. The van der Waals surface area contributed by atoms with Crippen LogP contribution >= 0.6 is 0 Å². The molecule has 0 radical (unpaired) electrons. The molecule has 2 N–H and O–H groups in total. The number of hydrogen-bond donors (Lipinski definition) is 2. The van der Waals surface area contributed by atoms with Gasteiger partial charge < -0.3 is 10.6 Å². The highest BCUT2D eigenvalue weighted by Gasteiger charge is 2.30. The third-order valence-electron chi connectivity index (χ3n) is 5.03. The molecule has 1 aliphatic rings. The molecule has 0 saturated heterocycles. The van der Waals surface area contributed by atoms with Gasteiger partial charge in [0.15, 0.2) is 0 Å². The lowest BCUT2D eigenvalue weighted by molar-refractivity contribution is -0.125. The van der Waals surface area contributed by atoms with Crippen molar-refractivity contribution in [1.82, 2.24) is 9.78 Å². The molecule has 6 heteroatoms. The van der Waals surface area contributed by atoms with Crippen molar-refractivity contribution in [2.75, 3.05) is 10.6 Å². The largest absolute Gasteiger partial charge is 0.326 e. The highest BCUT2D eigenvalue weighted by Crippen LogP contribution is 2.32. The zero-order chi connectivity index (χ0) is 19.5. The number of anilines is 2. The van der Waals surface area contributed by atoms with Crippen molar-refractivity contribution in [1.29, 1.82) is 0 Å². The second-order valence-corrected chi connectivity index (χ2v) is 6.90. The van der Waals surface area contributed by atoms with Crippen LogP contribution < -0.4 is 10.6 Å². The van der Waals surface area contributed by atoms with Crippen LogP contribution in [0.5, 0.6) is 0 Å². The van der Waals surface area contributed by atoms with Crippen LogP contribution in [0.15, 0.2) is 60.8 Å². The first-order valence-electron chi connectivity index (χ1n) is 9.45. The Bertz CT molecular complexity index is 1010. The molecular weight excluding hydrogens is 352 g/mol. The molecule has 4 rings (SSSR count). The summed E-state index contributed by atoms with van der Waals surface area (Å²) in [7, 11) is 0. The zero-order valence-electron chi connectivity index (χ0n) is 15.7. The fourth-order valence-corrected chi connectivity index (χ4v) is 3.53. The molecule has 28 heavy (non-hydrogen) atoms. The van der Waals surface area contributed by atoms with Crippen molar-refractivity contribution >= 4 is 23.3 Å². The molecule has 1 aliphatic heterocycles. The maximum absolute atomic E-state index is 12.6. The Morgan fingerprint density at radius 3 is 2.71 bits per heavy atom. The van der Waals surface area contributed by atoms with Gasteiger partial charge in [-0.15, -0.1) is 0 Å². The van der Waals surface area contributed by atoms with Gasteiger partial charge >= 0.3 is 0 Å². The van der Waals surface area contributed by atoms with E-state index in [1.807, 2.05) is 61.5 Å². The Balaban J connectivity index is 1.47. The van der Waals surface area contributed by atoms with Crippen molar-refractivity contribution in [2.45, 2.75) is 26.3 Å². The van der Waals surface area contributed by atoms with E-state index in [4.69, 9.17) is 0 Å². The van der Waals surface area contributed by atoms with Crippen LogP contribution in [-0.4, -0.2) is 21.6 Å². The van der Waals surface area contributed by atoms with Crippen molar-refractivity contribution in [3.8, 4) is 11.1 Å². The van der Waals surface area contributed by atoms with Gasteiger partial charge in [0, 0.05) is 17.7 Å². The summed E-state index contributed by atoms with van der Waals surface area (Å²) >= 11 is 0. The smallest absolute Gasteiger partial charge is 0.231 e. The Hall–Kier alpha value is -3.41. The summed E-state index contributed by atoms with van der Waals surface area (Å²) in [6.07, 6.45) is 2.70. The van der Waals surface area contributed by atoms with Gasteiger partial charge in [0.05, 0.1) is 18.7 Å². The molecule has 2 aromatic carbocycles. The van der Waals surface area contributed by atoms with E-state index in [9.17, 15) is 9.59 Å². The van der Waals surface area contributed by atoms with E-state index in [1.54, 1.807) is 10.9 Å². The maximum Gasteiger partial charge on any atom is 0.231 e. The number of aryl methyl sites for hydroxylation is 1. The quantitative estimate of drug-likeness (QED) is 0.715. The van der Waals surface area contributed by atoms with Gasteiger partial charge in [0.25, 0.3) is 0 Å². The van der Waals surface area contributed by atoms with Crippen LogP contribution in [0.25, 0.3) is 11.1 Å². The third-order valence-corrected chi connectivity index (χ3v) is 5.03. The van der Waals surface area contributed by atoms with Crippen molar-refractivity contribution in [2.24, 2.45) is 5.92 Å². The average Bonchev–Trinajstić information content (AvgIpc) is 3.12. The number of rotatable bonds is 5. The molecule has 0 aliphatic carbocycles. The number of benzene rings is 2. The topological polar surface area (TPSA) is 76.0 Å². The van der Waals surface area contributed by atoms with Gasteiger partial charge in [-0.2, -0.15) is 5.10 Å². The van der Waals surface area contributed by atoms with E-state index >= 15 is 0 Å². The summed E-state index contributed by atoms with van der Waals surface area (Å²) in [6.45, 7) is 2.43. The summed E-state index contributed by atoms with van der Waals surface area (Å²) in [6, 6.07) is 17.5.